The number of esters is 1. The van der Waals surface area contributed by atoms with Gasteiger partial charge >= 0.3 is 5.97 Å². The number of fused-ring (bicyclic) bond motifs is 2. The van der Waals surface area contributed by atoms with E-state index in [9.17, 15) is 13.2 Å². The summed E-state index contributed by atoms with van der Waals surface area (Å²) in [6.07, 6.45) is 13.1. The molecule has 0 radical (unpaired) electrons. The fourth-order valence-electron chi connectivity index (χ4n) is 8.15. The molecule has 7 heteroatoms. The normalized spacial score (nSPS) is 33.2. The number of hydrogen-bond donors (Lipinski definition) is 1. The molecule has 0 spiro atoms. The van der Waals surface area contributed by atoms with Crippen molar-refractivity contribution in [1.82, 2.24) is 4.31 Å². The van der Waals surface area contributed by atoms with E-state index in [1.807, 2.05) is 25.1 Å². The van der Waals surface area contributed by atoms with Crippen LogP contribution in [0.2, 0.25) is 0 Å². The molecule has 0 unspecified atom stereocenters. The van der Waals surface area contributed by atoms with Crippen molar-refractivity contribution in [2.75, 3.05) is 12.3 Å². The summed E-state index contributed by atoms with van der Waals surface area (Å²) in [7, 11) is -3.53. The van der Waals surface area contributed by atoms with Crippen molar-refractivity contribution in [3.05, 3.63) is 0 Å². The number of carbonyl (C=O) groups excluding carboxylic acids is 1. The van der Waals surface area contributed by atoms with Gasteiger partial charge in [0.05, 0.1) is 11.2 Å². The van der Waals surface area contributed by atoms with Crippen molar-refractivity contribution in [2.45, 2.75) is 136 Å². The van der Waals surface area contributed by atoms with Crippen molar-refractivity contribution in [3.63, 3.8) is 0 Å². The molecule has 6 nitrogen and oxygen atoms in total. The van der Waals surface area contributed by atoms with E-state index in [0.29, 0.717) is 5.92 Å². The van der Waals surface area contributed by atoms with Crippen molar-refractivity contribution in [1.29, 1.82) is 0 Å². The van der Waals surface area contributed by atoms with Gasteiger partial charge in [0.2, 0.25) is 10.0 Å². The van der Waals surface area contributed by atoms with E-state index in [1.54, 1.807) is 0 Å². The maximum Gasteiger partial charge on any atom is 0.313 e. The zero-order valence-corrected chi connectivity index (χ0v) is 24.4. The predicted molar refractivity (Wildman–Crippen MR) is 145 cm³/mol. The molecule has 0 aromatic heterocycles. The Morgan fingerprint density at radius 1 is 1.00 bits per heavy atom. The summed E-state index contributed by atoms with van der Waals surface area (Å²) in [6.45, 7) is 10.6. The van der Waals surface area contributed by atoms with Gasteiger partial charge in [-0.3, -0.25) is 4.79 Å². The summed E-state index contributed by atoms with van der Waals surface area (Å²) in [5.41, 5.74) is 4.56. The molecule has 4 aliphatic rings. The Kier molecular flexibility index (Phi) is 8.26. The van der Waals surface area contributed by atoms with E-state index in [1.165, 1.54) is 12.8 Å². The molecule has 208 valence electrons. The number of hydrogen-bond acceptors (Lipinski definition) is 5. The number of carbonyl (C=O) groups is 1. The minimum atomic E-state index is -3.53. The standard InChI is InChI=1S/C29H52N2O4S/c1-21(2)28(5,19-30)26(32)35-25-18-22-16-17-29(25,27(22,3)4)20-36(33,34)31(23-12-8-6-9-13-23)24-14-10-7-11-15-24/h21-25H,6-20,30H2,1-5H3/t22-,25-,28+,29-/m1/s1. The van der Waals surface area contributed by atoms with E-state index in [-0.39, 0.29) is 47.8 Å². The van der Waals surface area contributed by atoms with Crippen molar-refractivity contribution in [2.24, 2.45) is 33.8 Å². The molecule has 0 aliphatic heterocycles. The van der Waals surface area contributed by atoms with Crippen LogP contribution in [-0.4, -0.2) is 49.2 Å². The molecular weight excluding hydrogens is 472 g/mol. The maximum atomic E-state index is 14.5. The van der Waals surface area contributed by atoms with E-state index in [0.717, 1.165) is 70.6 Å². The number of nitrogens with two attached hydrogens (primary N) is 1. The van der Waals surface area contributed by atoms with Gasteiger partial charge < -0.3 is 10.5 Å². The lowest BCUT2D eigenvalue weighted by Gasteiger charge is -2.46. The monoisotopic (exact) mass is 524 g/mol. The highest BCUT2D eigenvalue weighted by atomic mass is 32.2. The van der Waals surface area contributed by atoms with Gasteiger partial charge in [0.15, 0.2) is 0 Å². The van der Waals surface area contributed by atoms with Crippen molar-refractivity contribution < 1.29 is 17.9 Å². The minimum Gasteiger partial charge on any atom is -0.461 e. The van der Waals surface area contributed by atoms with Gasteiger partial charge in [-0.15, -0.1) is 0 Å². The summed E-state index contributed by atoms with van der Waals surface area (Å²) in [5, 5.41) is 0. The Bertz CT molecular complexity index is 873. The van der Waals surface area contributed by atoms with E-state index in [4.69, 9.17) is 10.5 Å². The SMILES string of the molecule is CC(C)[C@](C)(CN)C(=O)O[C@@H]1C[C@H]2CC[C@]1(CS(=O)(=O)N(C1CCCCC1)C1CCCCC1)C2(C)C. The van der Waals surface area contributed by atoms with Gasteiger partial charge in [0.1, 0.15) is 6.10 Å². The molecule has 4 fully saturated rings. The second-order valence-corrected chi connectivity index (χ2v) is 15.6. The molecule has 4 atom stereocenters. The van der Waals surface area contributed by atoms with Gasteiger partial charge in [-0.2, -0.15) is 4.31 Å². The second kappa shape index (κ2) is 10.5. The average molecular weight is 525 g/mol. The fraction of sp³-hybridized carbons (Fsp3) is 0.966. The van der Waals surface area contributed by atoms with E-state index >= 15 is 0 Å². The highest BCUT2D eigenvalue weighted by Gasteiger charge is 2.67. The molecule has 4 aliphatic carbocycles. The zero-order chi connectivity index (χ0) is 26.4. The third kappa shape index (κ3) is 4.79. The van der Waals surface area contributed by atoms with Crippen LogP contribution in [0.25, 0.3) is 0 Å². The third-order valence-corrected chi connectivity index (χ3v) is 13.5. The molecular formula is C29H52N2O4S. The first kappa shape index (κ1) is 28.4. The highest BCUT2D eigenvalue weighted by molar-refractivity contribution is 7.89. The Morgan fingerprint density at radius 3 is 1.97 bits per heavy atom. The summed E-state index contributed by atoms with van der Waals surface area (Å²) in [4.78, 5) is 13.5. The highest BCUT2D eigenvalue weighted by Crippen LogP contribution is 2.67. The molecule has 2 bridgehead atoms. The van der Waals surface area contributed by atoms with Gasteiger partial charge in [0.25, 0.3) is 0 Å². The second-order valence-electron chi connectivity index (χ2n) is 13.7. The maximum absolute atomic E-state index is 14.5. The van der Waals surface area contributed by atoms with Crippen molar-refractivity contribution >= 4 is 16.0 Å². The molecule has 2 N–H and O–H groups in total. The first-order valence-electron chi connectivity index (χ1n) is 14.8. The molecule has 0 amide bonds. The topological polar surface area (TPSA) is 89.7 Å². The zero-order valence-electron chi connectivity index (χ0n) is 23.6. The molecule has 36 heavy (non-hydrogen) atoms. The lowest BCUT2D eigenvalue weighted by atomic mass is 9.69. The van der Waals surface area contributed by atoms with Crippen LogP contribution in [0, 0.1) is 28.1 Å². The van der Waals surface area contributed by atoms with Crippen LogP contribution in [0.5, 0.6) is 0 Å². The first-order chi connectivity index (χ1) is 16.9. The Hall–Kier alpha value is -0.660. The summed E-state index contributed by atoms with van der Waals surface area (Å²) in [5.74, 6) is 0.276. The van der Waals surface area contributed by atoms with Crippen molar-refractivity contribution in [3.8, 4) is 0 Å². The first-order valence-corrected chi connectivity index (χ1v) is 16.4. The molecule has 0 aromatic rings. The van der Waals surface area contributed by atoms with Gasteiger partial charge in [-0.1, -0.05) is 66.2 Å². The molecule has 0 saturated heterocycles. The summed E-state index contributed by atoms with van der Waals surface area (Å²) in [6, 6.07) is 0.264. The number of nitrogens with zero attached hydrogens (tertiary/aromatic N) is 1. The Morgan fingerprint density at radius 2 is 1.53 bits per heavy atom. The van der Waals surface area contributed by atoms with Crippen LogP contribution in [0.4, 0.5) is 0 Å². The third-order valence-electron chi connectivity index (χ3n) is 11.4. The van der Waals surface area contributed by atoms with E-state index in [2.05, 4.69) is 13.8 Å². The quantitative estimate of drug-likeness (QED) is 0.394. The Balaban J connectivity index is 1.65. The number of ether oxygens (including phenoxy) is 1. The Labute approximate surface area is 220 Å². The summed E-state index contributed by atoms with van der Waals surface area (Å²) < 4.78 is 37.3. The average Bonchev–Trinajstić information content (AvgIpc) is 3.19. The van der Waals surface area contributed by atoms with Crippen LogP contribution in [0.3, 0.4) is 0 Å². The smallest absolute Gasteiger partial charge is 0.313 e. The minimum absolute atomic E-state index is 0.0503. The van der Waals surface area contributed by atoms with Crippen LogP contribution in [0.1, 0.15) is 118 Å². The van der Waals surface area contributed by atoms with Gasteiger partial charge in [-0.05, 0) is 69.1 Å². The van der Waals surface area contributed by atoms with Gasteiger partial charge in [0, 0.05) is 24.0 Å². The molecule has 4 rings (SSSR count). The number of sulfonamides is 1. The van der Waals surface area contributed by atoms with Crippen LogP contribution in [-0.2, 0) is 19.6 Å². The largest absolute Gasteiger partial charge is 0.461 e. The van der Waals surface area contributed by atoms with Gasteiger partial charge in [-0.25, -0.2) is 8.42 Å². The van der Waals surface area contributed by atoms with Crippen LogP contribution >= 0.6 is 0 Å². The van der Waals surface area contributed by atoms with Crippen LogP contribution < -0.4 is 5.73 Å². The fourth-order valence-corrected chi connectivity index (χ4v) is 11.0. The molecule has 0 aromatic carbocycles. The number of rotatable bonds is 9. The lowest BCUT2D eigenvalue weighted by Crippen LogP contribution is -2.55. The van der Waals surface area contributed by atoms with E-state index < -0.39 is 20.9 Å². The van der Waals surface area contributed by atoms with Crippen LogP contribution in [0.15, 0.2) is 0 Å². The molecule has 0 heterocycles. The summed E-state index contributed by atoms with van der Waals surface area (Å²) >= 11 is 0. The lowest BCUT2D eigenvalue weighted by molar-refractivity contribution is -0.170. The predicted octanol–water partition coefficient (Wildman–Crippen LogP) is 5.64. The molecule has 4 saturated carbocycles.